The van der Waals surface area contributed by atoms with Gasteiger partial charge >= 0.3 is 0 Å². The van der Waals surface area contributed by atoms with E-state index in [0.717, 1.165) is 29.5 Å². The van der Waals surface area contributed by atoms with Crippen molar-refractivity contribution in [2.45, 2.75) is 6.92 Å². The maximum absolute atomic E-state index is 10.8. The van der Waals surface area contributed by atoms with Gasteiger partial charge in [0.15, 0.2) is 6.29 Å². The average Bonchev–Trinajstić information content (AvgIpc) is 2.20. The molecule has 1 aromatic carbocycles. The van der Waals surface area contributed by atoms with Gasteiger partial charge in [-0.25, -0.2) is 0 Å². The molecule has 14 heavy (non-hydrogen) atoms. The van der Waals surface area contributed by atoms with Crippen molar-refractivity contribution in [1.29, 1.82) is 0 Å². The number of carbonyl (C=O) groups is 1. The number of aldehydes is 1. The zero-order valence-corrected chi connectivity index (χ0v) is 8.58. The molecule has 74 valence electrons. The molecule has 0 fully saturated rings. The van der Waals surface area contributed by atoms with Crippen LogP contribution in [0.5, 0.6) is 0 Å². The number of carbonyl (C=O) groups excluding carboxylic acids is 1. The van der Waals surface area contributed by atoms with Crippen molar-refractivity contribution in [2.24, 2.45) is 0 Å². The van der Waals surface area contributed by atoms with Gasteiger partial charge in [0, 0.05) is 12.1 Å². The maximum Gasteiger partial charge on any atom is 0.150 e. The molecule has 0 spiro atoms. The van der Waals surface area contributed by atoms with E-state index in [4.69, 9.17) is 0 Å². The van der Waals surface area contributed by atoms with E-state index in [2.05, 4.69) is 5.32 Å². The van der Waals surface area contributed by atoms with Crippen LogP contribution in [0.4, 0.5) is 0 Å². The molecule has 2 heteroatoms. The summed E-state index contributed by atoms with van der Waals surface area (Å²) >= 11 is 0. The molecule has 0 amide bonds. The van der Waals surface area contributed by atoms with E-state index in [1.54, 1.807) is 0 Å². The van der Waals surface area contributed by atoms with Crippen molar-refractivity contribution in [3.63, 3.8) is 0 Å². The number of hydrogen-bond acceptors (Lipinski definition) is 2. The number of hydrogen-bond donors (Lipinski definition) is 1. The lowest BCUT2D eigenvalue weighted by molar-refractivity contribution is 0.112. The Labute approximate surface area is 84.6 Å². The van der Waals surface area contributed by atoms with Crippen molar-refractivity contribution in [2.75, 3.05) is 13.6 Å². The number of rotatable bonds is 4. The van der Waals surface area contributed by atoms with Crippen LogP contribution in [0.25, 0.3) is 6.08 Å². The Kier molecular flexibility index (Phi) is 4.08. The topological polar surface area (TPSA) is 29.1 Å². The summed E-state index contributed by atoms with van der Waals surface area (Å²) in [5.74, 6) is 0. The van der Waals surface area contributed by atoms with E-state index in [0.29, 0.717) is 0 Å². The summed E-state index contributed by atoms with van der Waals surface area (Å²) in [7, 11) is 1.89. The SMILES string of the molecule is CNCC=Cc1ccc(C)cc1C=O. The van der Waals surface area contributed by atoms with Gasteiger partial charge in [0.1, 0.15) is 0 Å². The summed E-state index contributed by atoms with van der Waals surface area (Å²) < 4.78 is 0. The third kappa shape index (κ3) is 2.82. The molecule has 0 aliphatic heterocycles. The zero-order valence-electron chi connectivity index (χ0n) is 8.58. The monoisotopic (exact) mass is 189 g/mol. The summed E-state index contributed by atoms with van der Waals surface area (Å²) in [4.78, 5) is 10.8. The van der Waals surface area contributed by atoms with Gasteiger partial charge in [0.25, 0.3) is 0 Å². The van der Waals surface area contributed by atoms with Gasteiger partial charge < -0.3 is 5.32 Å². The smallest absolute Gasteiger partial charge is 0.150 e. The van der Waals surface area contributed by atoms with Crippen molar-refractivity contribution < 1.29 is 4.79 Å². The van der Waals surface area contributed by atoms with Gasteiger partial charge in [-0.3, -0.25) is 4.79 Å². The minimum absolute atomic E-state index is 0.748. The number of benzene rings is 1. The predicted octanol–water partition coefficient (Wildman–Crippen LogP) is 2.04. The fourth-order valence-corrected chi connectivity index (χ4v) is 1.25. The van der Waals surface area contributed by atoms with Gasteiger partial charge in [0.2, 0.25) is 0 Å². The van der Waals surface area contributed by atoms with E-state index in [1.165, 1.54) is 0 Å². The molecule has 0 aliphatic carbocycles. The highest BCUT2D eigenvalue weighted by Crippen LogP contribution is 2.11. The molecule has 0 unspecified atom stereocenters. The lowest BCUT2D eigenvalue weighted by Crippen LogP contribution is -2.03. The van der Waals surface area contributed by atoms with Crippen molar-refractivity contribution in [1.82, 2.24) is 5.32 Å². The standard InChI is InChI=1S/C12H15NO/c1-10-5-6-11(4-3-7-13-2)12(8-10)9-14/h3-6,8-9,13H,7H2,1-2H3. The summed E-state index contributed by atoms with van der Waals surface area (Å²) in [5, 5.41) is 3.01. The minimum atomic E-state index is 0.748. The highest BCUT2D eigenvalue weighted by atomic mass is 16.1. The molecule has 0 bridgehead atoms. The van der Waals surface area contributed by atoms with Crippen LogP contribution in [0.1, 0.15) is 21.5 Å². The Morgan fingerprint density at radius 1 is 1.36 bits per heavy atom. The van der Waals surface area contributed by atoms with Gasteiger partial charge in [-0.15, -0.1) is 0 Å². The Bertz CT molecular complexity index is 342. The van der Waals surface area contributed by atoms with E-state index in [1.807, 2.05) is 44.3 Å². The second-order valence-electron chi connectivity index (χ2n) is 3.21. The van der Waals surface area contributed by atoms with Crippen molar-refractivity contribution in [3.8, 4) is 0 Å². The fraction of sp³-hybridized carbons (Fsp3) is 0.250. The second-order valence-corrected chi connectivity index (χ2v) is 3.21. The lowest BCUT2D eigenvalue weighted by Gasteiger charge is -2.00. The maximum atomic E-state index is 10.8. The third-order valence-corrected chi connectivity index (χ3v) is 1.99. The van der Waals surface area contributed by atoms with E-state index in [9.17, 15) is 4.79 Å². The summed E-state index contributed by atoms with van der Waals surface area (Å²) in [5.41, 5.74) is 2.83. The van der Waals surface area contributed by atoms with Crippen LogP contribution in [0, 0.1) is 6.92 Å². The number of aryl methyl sites for hydroxylation is 1. The molecule has 2 nitrogen and oxygen atoms in total. The fourth-order valence-electron chi connectivity index (χ4n) is 1.25. The van der Waals surface area contributed by atoms with E-state index in [-0.39, 0.29) is 0 Å². The molecule has 0 saturated carbocycles. The highest BCUT2D eigenvalue weighted by molar-refractivity contribution is 5.82. The first-order valence-electron chi connectivity index (χ1n) is 4.65. The molecule has 1 N–H and O–H groups in total. The largest absolute Gasteiger partial charge is 0.316 e. The molecule has 0 atom stereocenters. The average molecular weight is 189 g/mol. The van der Waals surface area contributed by atoms with Crippen LogP contribution >= 0.6 is 0 Å². The molecule has 0 aliphatic rings. The van der Waals surface area contributed by atoms with E-state index >= 15 is 0 Å². The highest BCUT2D eigenvalue weighted by Gasteiger charge is 1.97. The Morgan fingerprint density at radius 3 is 2.79 bits per heavy atom. The van der Waals surface area contributed by atoms with Crippen LogP contribution < -0.4 is 5.32 Å². The van der Waals surface area contributed by atoms with Gasteiger partial charge in [-0.05, 0) is 25.6 Å². The normalized spacial score (nSPS) is 10.7. The molecule has 0 radical (unpaired) electrons. The number of nitrogens with one attached hydrogen (secondary N) is 1. The van der Waals surface area contributed by atoms with Crippen LogP contribution in [-0.2, 0) is 0 Å². The Balaban J connectivity index is 2.90. The molecule has 1 aromatic rings. The van der Waals surface area contributed by atoms with Gasteiger partial charge in [0.05, 0.1) is 0 Å². The molecule has 0 heterocycles. The zero-order chi connectivity index (χ0) is 10.4. The quantitative estimate of drug-likeness (QED) is 0.734. The summed E-state index contributed by atoms with van der Waals surface area (Å²) in [6.45, 7) is 2.79. The first-order chi connectivity index (χ1) is 6.77. The summed E-state index contributed by atoms with van der Waals surface area (Å²) in [6.07, 6.45) is 4.85. The van der Waals surface area contributed by atoms with Crippen LogP contribution in [0.3, 0.4) is 0 Å². The lowest BCUT2D eigenvalue weighted by atomic mass is 10.1. The van der Waals surface area contributed by atoms with E-state index < -0.39 is 0 Å². The Hall–Kier alpha value is -1.41. The molecular formula is C12H15NO. The third-order valence-electron chi connectivity index (χ3n) is 1.99. The van der Waals surface area contributed by atoms with Crippen LogP contribution in [0.15, 0.2) is 24.3 Å². The second kappa shape index (κ2) is 5.35. The minimum Gasteiger partial charge on any atom is -0.316 e. The first kappa shape index (κ1) is 10.7. The van der Waals surface area contributed by atoms with Crippen LogP contribution in [-0.4, -0.2) is 19.9 Å². The first-order valence-corrected chi connectivity index (χ1v) is 4.65. The van der Waals surface area contributed by atoms with Crippen molar-refractivity contribution >= 4 is 12.4 Å². The van der Waals surface area contributed by atoms with Crippen LogP contribution in [0.2, 0.25) is 0 Å². The number of likely N-dealkylation sites (N-methyl/N-ethyl adjacent to an activating group) is 1. The Morgan fingerprint density at radius 2 is 2.14 bits per heavy atom. The summed E-state index contributed by atoms with van der Waals surface area (Å²) in [6, 6.07) is 5.86. The molecule has 1 rings (SSSR count). The molecular weight excluding hydrogens is 174 g/mol. The predicted molar refractivity (Wildman–Crippen MR) is 59.5 cm³/mol. The van der Waals surface area contributed by atoms with Crippen molar-refractivity contribution in [3.05, 3.63) is 41.0 Å². The molecule has 0 saturated heterocycles. The molecule has 0 aromatic heterocycles. The van der Waals surface area contributed by atoms with Gasteiger partial charge in [-0.2, -0.15) is 0 Å². The van der Waals surface area contributed by atoms with Gasteiger partial charge in [-0.1, -0.05) is 29.8 Å².